The summed E-state index contributed by atoms with van der Waals surface area (Å²) >= 11 is 6.15. The van der Waals surface area contributed by atoms with Crippen molar-refractivity contribution in [2.75, 3.05) is 18.1 Å². The molecule has 1 amide bonds. The van der Waals surface area contributed by atoms with E-state index in [1.54, 1.807) is 18.2 Å². The maximum absolute atomic E-state index is 12.2. The summed E-state index contributed by atoms with van der Waals surface area (Å²) in [5.74, 6) is -0.266. The molecule has 0 aromatic heterocycles. The van der Waals surface area contributed by atoms with Gasteiger partial charge in [0.15, 0.2) is 0 Å². The van der Waals surface area contributed by atoms with Crippen molar-refractivity contribution in [3.63, 3.8) is 0 Å². The third-order valence-electron chi connectivity index (χ3n) is 3.91. The van der Waals surface area contributed by atoms with Gasteiger partial charge in [0.1, 0.15) is 12.4 Å². The lowest BCUT2D eigenvalue weighted by Gasteiger charge is -2.19. The molecule has 23 heavy (non-hydrogen) atoms. The number of rotatable bonds is 4. The van der Waals surface area contributed by atoms with Gasteiger partial charge in [-0.15, -0.1) is 0 Å². The number of benzene rings is 2. The van der Waals surface area contributed by atoms with E-state index in [1.165, 1.54) is 4.90 Å². The van der Waals surface area contributed by atoms with Crippen LogP contribution in [0, 0.1) is 13.8 Å². The number of anilines is 1. The zero-order valence-corrected chi connectivity index (χ0v) is 13.7. The number of hydrogen-bond acceptors (Lipinski definition) is 3. The van der Waals surface area contributed by atoms with Crippen LogP contribution >= 0.6 is 11.6 Å². The number of fused-ring (bicyclic) bond motifs is 1. The van der Waals surface area contributed by atoms with Crippen LogP contribution in [-0.4, -0.2) is 24.8 Å². The molecule has 0 atom stereocenters. The minimum Gasteiger partial charge on any atom is -0.491 e. The molecule has 2 aromatic rings. The van der Waals surface area contributed by atoms with Gasteiger partial charge in [-0.3, -0.25) is 14.5 Å². The van der Waals surface area contributed by atoms with Gasteiger partial charge in [0, 0.05) is 0 Å². The van der Waals surface area contributed by atoms with E-state index >= 15 is 0 Å². The summed E-state index contributed by atoms with van der Waals surface area (Å²) in [6.07, 6.45) is 0. The van der Waals surface area contributed by atoms with Crippen LogP contribution in [0.15, 0.2) is 36.4 Å². The van der Waals surface area contributed by atoms with Crippen molar-refractivity contribution in [1.82, 2.24) is 0 Å². The molecule has 4 nitrogen and oxygen atoms in total. The van der Waals surface area contributed by atoms with Crippen LogP contribution in [0.4, 0.5) is 5.69 Å². The Morgan fingerprint density at radius 1 is 1.04 bits per heavy atom. The van der Waals surface area contributed by atoms with E-state index in [2.05, 4.69) is 0 Å². The molecule has 1 aliphatic rings. The van der Waals surface area contributed by atoms with Gasteiger partial charge < -0.3 is 4.74 Å². The maximum Gasteiger partial charge on any atom is 0.299 e. The summed E-state index contributed by atoms with van der Waals surface area (Å²) in [5.41, 5.74) is 2.91. The lowest BCUT2D eigenvalue weighted by molar-refractivity contribution is -0.114. The average molecular weight is 330 g/mol. The molecule has 5 heteroatoms. The monoisotopic (exact) mass is 329 g/mol. The lowest BCUT2D eigenvalue weighted by atomic mass is 10.1. The average Bonchev–Trinajstić information content (AvgIpc) is 2.76. The van der Waals surface area contributed by atoms with Crippen LogP contribution in [-0.2, 0) is 4.79 Å². The van der Waals surface area contributed by atoms with Crippen LogP contribution in [0.25, 0.3) is 0 Å². The maximum atomic E-state index is 12.2. The van der Waals surface area contributed by atoms with Gasteiger partial charge in [0.2, 0.25) is 0 Å². The van der Waals surface area contributed by atoms with E-state index in [0.29, 0.717) is 16.3 Å². The van der Waals surface area contributed by atoms with E-state index in [1.807, 2.05) is 32.0 Å². The van der Waals surface area contributed by atoms with E-state index in [0.717, 1.165) is 16.9 Å². The molecular formula is C18H16ClNO3. The first-order valence-corrected chi connectivity index (χ1v) is 7.72. The van der Waals surface area contributed by atoms with Crippen molar-refractivity contribution in [2.24, 2.45) is 0 Å². The fourth-order valence-corrected chi connectivity index (χ4v) is 3.07. The van der Waals surface area contributed by atoms with Crippen molar-refractivity contribution >= 4 is 29.0 Å². The summed E-state index contributed by atoms with van der Waals surface area (Å²) in [7, 11) is 0. The van der Waals surface area contributed by atoms with Gasteiger partial charge in [-0.2, -0.15) is 0 Å². The zero-order chi connectivity index (χ0) is 16.6. The van der Waals surface area contributed by atoms with Gasteiger partial charge in [-0.05, 0) is 37.1 Å². The molecule has 0 aliphatic carbocycles. The Morgan fingerprint density at radius 3 is 2.39 bits per heavy atom. The van der Waals surface area contributed by atoms with Gasteiger partial charge in [-0.25, -0.2) is 0 Å². The highest BCUT2D eigenvalue weighted by molar-refractivity contribution is 6.54. The third-order valence-corrected chi connectivity index (χ3v) is 4.22. The SMILES string of the molecule is Cc1cccc(C)c1OCCN1C(=O)C(=O)c2cccc(Cl)c21. The van der Waals surface area contributed by atoms with Crippen LogP contribution in [0.2, 0.25) is 5.02 Å². The van der Waals surface area contributed by atoms with Gasteiger partial charge in [-0.1, -0.05) is 35.9 Å². The topological polar surface area (TPSA) is 46.6 Å². The number of aryl methyl sites for hydroxylation is 2. The third kappa shape index (κ3) is 2.70. The van der Waals surface area contributed by atoms with E-state index in [-0.39, 0.29) is 13.2 Å². The largest absolute Gasteiger partial charge is 0.491 e. The Balaban J connectivity index is 1.77. The molecule has 3 rings (SSSR count). The first-order chi connectivity index (χ1) is 11.0. The summed E-state index contributed by atoms with van der Waals surface area (Å²) in [5, 5.41) is 0.397. The van der Waals surface area contributed by atoms with Crippen molar-refractivity contribution in [2.45, 2.75) is 13.8 Å². The quantitative estimate of drug-likeness (QED) is 0.806. The molecular weight excluding hydrogens is 314 g/mol. The fraction of sp³-hybridized carbons (Fsp3) is 0.222. The van der Waals surface area contributed by atoms with E-state index < -0.39 is 11.7 Å². The summed E-state index contributed by atoms with van der Waals surface area (Å²) in [6.45, 7) is 4.50. The summed E-state index contributed by atoms with van der Waals surface area (Å²) < 4.78 is 5.82. The molecule has 0 fully saturated rings. The molecule has 118 valence electrons. The number of amides is 1. The predicted molar refractivity (Wildman–Crippen MR) is 89.5 cm³/mol. The second-order valence-corrected chi connectivity index (χ2v) is 5.90. The fourth-order valence-electron chi connectivity index (χ4n) is 2.79. The Bertz CT molecular complexity index is 781. The van der Waals surface area contributed by atoms with Crippen LogP contribution in [0.3, 0.4) is 0 Å². The molecule has 0 saturated carbocycles. The molecule has 0 bridgehead atoms. The summed E-state index contributed by atoms with van der Waals surface area (Å²) in [6, 6.07) is 10.9. The van der Waals surface area contributed by atoms with Gasteiger partial charge >= 0.3 is 0 Å². The molecule has 1 heterocycles. The number of para-hydroxylation sites is 2. The Morgan fingerprint density at radius 2 is 1.70 bits per heavy atom. The Kier molecular flexibility index (Phi) is 4.09. The van der Waals surface area contributed by atoms with Crippen molar-refractivity contribution in [3.05, 3.63) is 58.1 Å². The van der Waals surface area contributed by atoms with Crippen molar-refractivity contribution < 1.29 is 14.3 Å². The number of carbonyl (C=O) groups excluding carboxylic acids is 2. The molecule has 0 radical (unpaired) electrons. The normalized spacial score (nSPS) is 13.4. The number of ketones is 1. The van der Waals surface area contributed by atoms with Crippen LogP contribution in [0.1, 0.15) is 21.5 Å². The second kappa shape index (κ2) is 6.05. The van der Waals surface area contributed by atoms with Crippen molar-refractivity contribution in [1.29, 1.82) is 0 Å². The smallest absolute Gasteiger partial charge is 0.299 e. The molecule has 0 N–H and O–H groups in total. The van der Waals surface area contributed by atoms with E-state index in [4.69, 9.17) is 16.3 Å². The van der Waals surface area contributed by atoms with Crippen LogP contribution < -0.4 is 9.64 Å². The molecule has 0 unspecified atom stereocenters. The van der Waals surface area contributed by atoms with Gasteiger partial charge in [0.25, 0.3) is 11.7 Å². The van der Waals surface area contributed by atoms with Gasteiger partial charge in [0.05, 0.1) is 22.8 Å². The minimum atomic E-state index is -0.557. The molecule has 2 aromatic carbocycles. The number of nitrogens with zero attached hydrogens (tertiary/aromatic N) is 1. The lowest BCUT2D eigenvalue weighted by Crippen LogP contribution is -2.33. The number of ether oxygens (including phenoxy) is 1. The van der Waals surface area contributed by atoms with E-state index in [9.17, 15) is 9.59 Å². The Labute approximate surface area is 139 Å². The molecule has 1 aliphatic heterocycles. The minimum absolute atomic E-state index is 0.273. The highest BCUT2D eigenvalue weighted by Crippen LogP contribution is 2.35. The zero-order valence-electron chi connectivity index (χ0n) is 12.9. The number of carbonyl (C=O) groups is 2. The standard InChI is InChI=1S/C18H16ClNO3/c1-11-5-3-6-12(2)17(11)23-10-9-20-15-13(16(21)18(20)22)7-4-8-14(15)19/h3-8H,9-10H2,1-2H3. The number of halogens is 1. The molecule has 0 spiro atoms. The Hall–Kier alpha value is -2.33. The molecule has 0 saturated heterocycles. The highest BCUT2D eigenvalue weighted by Gasteiger charge is 2.37. The predicted octanol–water partition coefficient (Wildman–Crippen LogP) is 3.57. The van der Waals surface area contributed by atoms with Crippen LogP contribution in [0.5, 0.6) is 5.75 Å². The second-order valence-electron chi connectivity index (χ2n) is 5.49. The first kappa shape index (κ1) is 15.6. The highest BCUT2D eigenvalue weighted by atomic mass is 35.5. The number of hydrogen-bond donors (Lipinski definition) is 0. The van der Waals surface area contributed by atoms with Crippen molar-refractivity contribution in [3.8, 4) is 5.75 Å². The summed E-state index contributed by atoms with van der Waals surface area (Å²) in [4.78, 5) is 25.6. The first-order valence-electron chi connectivity index (χ1n) is 7.34. The number of Topliss-reactive ketones (excluding diaryl/α,β-unsaturated/α-hetero) is 1.